The number of aryl methyl sites for hydroxylation is 1. The van der Waals surface area contributed by atoms with Crippen molar-refractivity contribution in [2.45, 2.75) is 26.2 Å². The van der Waals surface area contributed by atoms with E-state index in [1.165, 1.54) is 0 Å². The Morgan fingerprint density at radius 2 is 1.81 bits per heavy atom. The van der Waals surface area contributed by atoms with Crippen molar-refractivity contribution in [2.75, 3.05) is 38.0 Å². The molecule has 1 aliphatic carbocycles. The van der Waals surface area contributed by atoms with E-state index in [2.05, 4.69) is 10.6 Å². The number of anilines is 1. The second kappa shape index (κ2) is 8.21. The number of nitrogens with zero attached hydrogens (tertiary/aromatic N) is 2. The number of rotatable bonds is 4. The first-order chi connectivity index (χ1) is 12.5. The summed E-state index contributed by atoms with van der Waals surface area (Å²) in [5.74, 6) is 0.323. The van der Waals surface area contributed by atoms with E-state index in [0.29, 0.717) is 31.9 Å². The van der Waals surface area contributed by atoms with Gasteiger partial charge in [-0.25, -0.2) is 4.79 Å². The van der Waals surface area contributed by atoms with Crippen molar-refractivity contribution >= 4 is 23.5 Å². The van der Waals surface area contributed by atoms with Crippen LogP contribution in [0.1, 0.15) is 24.8 Å². The molecule has 1 saturated carbocycles. The third-order valence-corrected chi connectivity index (χ3v) is 4.76. The Morgan fingerprint density at radius 3 is 2.54 bits per heavy atom. The zero-order chi connectivity index (χ0) is 18.5. The van der Waals surface area contributed by atoms with Gasteiger partial charge in [0, 0.05) is 37.8 Å². The van der Waals surface area contributed by atoms with Crippen LogP contribution in [0.3, 0.4) is 0 Å². The number of nitrogens with one attached hydrogen (secondary N) is 2. The number of hydrogen-bond acceptors (Lipinski definition) is 3. The molecule has 1 heterocycles. The molecule has 0 unspecified atom stereocenters. The van der Waals surface area contributed by atoms with E-state index in [9.17, 15) is 14.4 Å². The van der Waals surface area contributed by atoms with Gasteiger partial charge in [0.1, 0.15) is 0 Å². The van der Waals surface area contributed by atoms with Gasteiger partial charge in [-0.3, -0.25) is 9.59 Å². The molecular weight excluding hydrogens is 332 g/mol. The number of hydrogen-bond donors (Lipinski definition) is 2. The summed E-state index contributed by atoms with van der Waals surface area (Å²) in [6.45, 7) is 4.33. The predicted molar refractivity (Wildman–Crippen MR) is 98.7 cm³/mol. The molecular formula is C19H26N4O3. The maximum Gasteiger partial charge on any atom is 0.319 e. The third-order valence-electron chi connectivity index (χ3n) is 4.76. The standard InChI is InChI=1S/C19H26N4O3/c1-14-4-2-5-16(12-14)21-19(26)20-13-17(24)22-8-3-9-23(11-10-22)18(25)15-6-7-15/h2,4-5,12,15H,3,6-11,13H2,1H3,(H2,20,21,26). The van der Waals surface area contributed by atoms with Crippen molar-refractivity contribution in [1.29, 1.82) is 0 Å². The van der Waals surface area contributed by atoms with Gasteiger partial charge >= 0.3 is 6.03 Å². The molecule has 1 aromatic rings. The minimum Gasteiger partial charge on any atom is -0.341 e. The summed E-state index contributed by atoms with van der Waals surface area (Å²) in [5.41, 5.74) is 1.74. The highest BCUT2D eigenvalue weighted by atomic mass is 16.2. The fourth-order valence-electron chi connectivity index (χ4n) is 3.14. The van der Waals surface area contributed by atoms with E-state index >= 15 is 0 Å². The van der Waals surface area contributed by atoms with Crippen molar-refractivity contribution in [1.82, 2.24) is 15.1 Å². The molecule has 2 aliphatic rings. The maximum atomic E-state index is 12.4. The molecule has 2 N–H and O–H groups in total. The highest BCUT2D eigenvalue weighted by molar-refractivity contribution is 5.92. The van der Waals surface area contributed by atoms with Crippen LogP contribution in [0.5, 0.6) is 0 Å². The number of amides is 4. The highest BCUT2D eigenvalue weighted by Gasteiger charge is 2.34. The van der Waals surface area contributed by atoms with E-state index < -0.39 is 6.03 Å². The molecule has 0 bridgehead atoms. The Hall–Kier alpha value is -2.57. The Bertz CT molecular complexity index is 687. The van der Waals surface area contributed by atoms with Crippen LogP contribution in [0.15, 0.2) is 24.3 Å². The van der Waals surface area contributed by atoms with Crippen molar-refractivity contribution in [3.63, 3.8) is 0 Å². The lowest BCUT2D eigenvalue weighted by molar-refractivity contribution is -0.133. The predicted octanol–water partition coefficient (Wildman–Crippen LogP) is 1.59. The lowest BCUT2D eigenvalue weighted by atomic mass is 10.2. The molecule has 0 spiro atoms. The molecule has 7 nitrogen and oxygen atoms in total. The van der Waals surface area contributed by atoms with Gasteiger partial charge in [-0.05, 0) is 43.9 Å². The highest BCUT2D eigenvalue weighted by Crippen LogP contribution is 2.31. The molecule has 1 aliphatic heterocycles. The number of benzene rings is 1. The van der Waals surface area contributed by atoms with Gasteiger partial charge in [-0.15, -0.1) is 0 Å². The van der Waals surface area contributed by atoms with Gasteiger partial charge in [0.25, 0.3) is 0 Å². The number of carbonyl (C=O) groups is 3. The van der Waals surface area contributed by atoms with Crippen molar-refractivity contribution in [3.8, 4) is 0 Å². The molecule has 0 atom stereocenters. The molecule has 4 amide bonds. The Balaban J connectivity index is 1.42. The Labute approximate surface area is 153 Å². The SMILES string of the molecule is Cc1cccc(NC(=O)NCC(=O)N2CCCN(C(=O)C3CC3)CC2)c1. The Morgan fingerprint density at radius 1 is 1.08 bits per heavy atom. The van der Waals surface area contributed by atoms with Gasteiger partial charge in [-0.1, -0.05) is 12.1 Å². The topological polar surface area (TPSA) is 81.8 Å². The summed E-state index contributed by atoms with van der Waals surface area (Å²) in [5, 5.41) is 5.33. The molecule has 1 saturated heterocycles. The van der Waals surface area contributed by atoms with Gasteiger partial charge < -0.3 is 20.4 Å². The summed E-state index contributed by atoms with van der Waals surface area (Å²) >= 11 is 0. The molecule has 0 radical (unpaired) electrons. The third kappa shape index (κ3) is 4.97. The first-order valence-electron chi connectivity index (χ1n) is 9.21. The van der Waals surface area contributed by atoms with Crippen LogP contribution >= 0.6 is 0 Å². The van der Waals surface area contributed by atoms with E-state index in [1.54, 1.807) is 11.0 Å². The summed E-state index contributed by atoms with van der Waals surface area (Å²) in [4.78, 5) is 40.1. The van der Waals surface area contributed by atoms with Crippen molar-refractivity contribution in [3.05, 3.63) is 29.8 Å². The van der Waals surface area contributed by atoms with Crippen LogP contribution in [0.2, 0.25) is 0 Å². The smallest absolute Gasteiger partial charge is 0.319 e. The average molecular weight is 358 g/mol. The van der Waals surface area contributed by atoms with E-state index in [0.717, 1.165) is 24.8 Å². The fraction of sp³-hybridized carbons (Fsp3) is 0.526. The molecule has 140 valence electrons. The normalized spacial score (nSPS) is 17.4. The van der Waals surface area contributed by atoms with Crippen molar-refractivity contribution in [2.24, 2.45) is 5.92 Å². The largest absolute Gasteiger partial charge is 0.341 e. The number of carbonyl (C=O) groups excluding carboxylic acids is 3. The molecule has 0 aromatic heterocycles. The summed E-state index contributed by atoms with van der Waals surface area (Å²) < 4.78 is 0. The first kappa shape index (κ1) is 18.2. The minimum absolute atomic E-state index is 0.0474. The van der Waals surface area contributed by atoms with Crippen LogP contribution < -0.4 is 10.6 Å². The minimum atomic E-state index is -0.399. The molecule has 7 heteroatoms. The van der Waals surface area contributed by atoms with Crippen LogP contribution in [-0.2, 0) is 9.59 Å². The maximum absolute atomic E-state index is 12.4. The second-order valence-electron chi connectivity index (χ2n) is 7.01. The van der Waals surface area contributed by atoms with E-state index in [1.807, 2.05) is 30.0 Å². The zero-order valence-corrected chi connectivity index (χ0v) is 15.2. The van der Waals surface area contributed by atoms with E-state index in [4.69, 9.17) is 0 Å². The van der Waals surface area contributed by atoms with Gasteiger partial charge in [-0.2, -0.15) is 0 Å². The molecule has 26 heavy (non-hydrogen) atoms. The summed E-state index contributed by atoms with van der Waals surface area (Å²) in [6.07, 6.45) is 2.77. The van der Waals surface area contributed by atoms with Crippen LogP contribution in [0.4, 0.5) is 10.5 Å². The van der Waals surface area contributed by atoms with Gasteiger partial charge in [0.2, 0.25) is 11.8 Å². The molecule has 2 fully saturated rings. The van der Waals surface area contributed by atoms with Crippen molar-refractivity contribution < 1.29 is 14.4 Å². The summed E-state index contributed by atoms with van der Waals surface area (Å²) in [7, 11) is 0. The van der Waals surface area contributed by atoms with Gasteiger partial charge in [0.15, 0.2) is 0 Å². The number of urea groups is 1. The van der Waals surface area contributed by atoms with E-state index in [-0.39, 0.29) is 24.3 Å². The lowest BCUT2D eigenvalue weighted by Gasteiger charge is -2.22. The van der Waals surface area contributed by atoms with Crippen LogP contribution in [0.25, 0.3) is 0 Å². The second-order valence-corrected chi connectivity index (χ2v) is 7.01. The first-order valence-corrected chi connectivity index (χ1v) is 9.21. The lowest BCUT2D eigenvalue weighted by Crippen LogP contribution is -2.43. The average Bonchev–Trinajstić information content (AvgIpc) is 3.45. The fourth-order valence-corrected chi connectivity index (χ4v) is 3.14. The van der Waals surface area contributed by atoms with Crippen LogP contribution in [0, 0.1) is 12.8 Å². The Kier molecular flexibility index (Phi) is 5.75. The van der Waals surface area contributed by atoms with Gasteiger partial charge in [0.05, 0.1) is 6.54 Å². The zero-order valence-electron chi connectivity index (χ0n) is 15.2. The summed E-state index contributed by atoms with van der Waals surface area (Å²) in [6, 6.07) is 7.07. The monoisotopic (exact) mass is 358 g/mol. The quantitative estimate of drug-likeness (QED) is 0.857. The van der Waals surface area contributed by atoms with Crippen LogP contribution in [-0.4, -0.2) is 60.4 Å². The molecule has 1 aromatic carbocycles. The molecule has 3 rings (SSSR count).